The first kappa shape index (κ1) is 28.3. The summed E-state index contributed by atoms with van der Waals surface area (Å²) in [5.74, 6) is 2.04. The number of fused-ring (bicyclic) bond motifs is 1. The van der Waals surface area contributed by atoms with Gasteiger partial charge >= 0.3 is 5.97 Å². The number of halogens is 1. The Hall–Kier alpha value is -3.23. The third-order valence-electron chi connectivity index (χ3n) is 6.94. The van der Waals surface area contributed by atoms with Crippen LogP contribution in [0, 0.1) is 11.8 Å². The molecule has 3 aromatic rings. The highest BCUT2D eigenvalue weighted by atomic mass is 35.5. The monoisotopic (exact) mass is 570 g/mol. The van der Waals surface area contributed by atoms with Crippen LogP contribution in [0.25, 0.3) is 22.3 Å². The number of methoxy groups -OCH3 is 1. The molecule has 0 unspecified atom stereocenters. The molecular weight excluding hydrogens is 536 g/mol. The normalized spacial score (nSPS) is 18.7. The van der Waals surface area contributed by atoms with E-state index in [0.29, 0.717) is 76.5 Å². The molecule has 0 saturated heterocycles. The summed E-state index contributed by atoms with van der Waals surface area (Å²) < 4.78 is 35.3. The average molecular weight is 571 g/mol. The second kappa shape index (κ2) is 11.7. The van der Waals surface area contributed by atoms with E-state index >= 15 is 0 Å². The number of hydrogen-bond donors (Lipinski definition) is 0. The summed E-state index contributed by atoms with van der Waals surface area (Å²) in [5.41, 5.74) is 0.138. The van der Waals surface area contributed by atoms with E-state index in [9.17, 15) is 9.59 Å². The third-order valence-corrected chi connectivity index (χ3v) is 7.24. The molecule has 2 aromatic carbocycles. The number of ether oxygens (including phenoxy) is 5. The number of carbonyl (C=O) groups is 1. The molecule has 2 saturated carbocycles. The van der Waals surface area contributed by atoms with E-state index < -0.39 is 5.60 Å². The Balaban J connectivity index is 1.31. The van der Waals surface area contributed by atoms with E-state index in [1.54, 1.807) is 37.4 Å². The summed E-state index contributed by atoms with van der Waals surface area (Å²) in [5, 5.41) is 0.743. The minimum Gasteiger partial charge on any atom is -0.493 e. The minimum atomic E-state index is -0.496. The van der Waals surface area contributed by atoms with Gasteiger partial charge in [0.2, 0.25) is 0 Å². The van der Waals surface area contributed by atoms with E-state index in [1.165, 1.54) is 6.07 Å². The van der Waals surface area contributed by atoms with Gasteiger partial charge in [-0.1, -0.05) is 17.7 Å². The predicted octanol–water partition coefficient (Wildman–Crippen LogP) is 6.43. The Labute approximate surface area is 238 Å². The number of carbonyl (C=O) groups excluding carboxylic acids is 1. The van der Waals surface area contributed by atoms with Crippen LogP contribution < -0.4 is 19.6 Å². The summed E-state index contributed by atoms with van der Waals surface area (Å²) in [6, 6.07) is 10.0. The standard InChI is InChI=1S/C31H35ClO8/c1-31(2,3)40-30(34)19-12-20(13-19)36-10-11-37-25-16-27(35-4)28(38-17-18-8-9-18)14-22(25)26-15-24(33)21-6-5-7-23(32)29(21)39-26/h5-7,14-16,18-20H,8-13,17H2,1-4H3. The Kier molecular flexibility index (Phi) is 8.29. The first-order valence-electron chi connectivity index (χ1n) is 13.7. The number of para-hydroxylation sites is 1. The van der Waals surface area contributed by atoms with Crippen molar-refractivity contribution in [1.29, 1.82) is 0 Å². The van der Waals surface area contributed by atoms with Gasteiger partial charge in [0.25, 0.3) is 0 Å². The first-order chi connectivity index (χ1) is 19.1. The topological polar surface area (TPSA) is 93.4 Å². The number of rotatable bonds is 11. The molecule has 0 amide bonds. The molecule has 2 aliphatic carbocycles. The molecule has 0 N–H and O–H groups in total. The fourth-order valence-corrected chi connectivity index (χ4v) is 4.75. The molecule has 8 nitrogen and oxygen atoms in total. The fraction of sp³-hybridized carbons (Fsp3) is 0.484. The van der Waals surface area contributed by atoms with Gasteiger partial charge in [-0.15, -0.1) is 0 Å². The predicted molar refractivity (Wildman–Crippen MR) is 152 cm³/mol. The zero-order chi connectivity index (χ0) is 28.4. The lowest BCUT2D eigenvalue weighted by atomic mass is 9.82. The van der Waals surface area contributed by atoms with Gasteiger partial charge in [0.15, 0.2) is 22.5 Å². The van der Waals surface area contributed by atoms with Crippen LogP contribution in [0.3, 0.4) is 0 Å². The van der Waals surface area contributed by atoms with Crippen molar-refractivity contribution in [1.82, 2.24) is 0 Å². The van der Waals surface area contributed by atoms with Gasteiger partial charge in [0.05, 0.1) is 48.3 Å². The van der Waals surface area contributed by atoms with E-state index in [2.05, 4.69) is 0 Å². The smallest absolute Gasteiger partial charge is 0.309 e. The second-order valence-electron chi connectivity index (χ2n) is 11.4. The van der Waals surface area contributed by atoms with Crippen LogP contribution in [0.5, 0.6) is 17.2 Å². The average Bonchev–Trinajstić information content (AvgIpc) is 3.70. The highest BCUT2D eigenvalue weighted by Gasteiger charge is 2.37. The van der Waals surface area contributed by atoms with E-state index in [-0.39, 0.29) is 30.0 Å². The van der Waals surface area contributed by atoms with Crippen molar-refractivity contribution in [3.63, 3.8) is 0 Å². The van der Waals surface area contributed by atoms with Crippen LogP contribution in [0.2, 0.25) is 5.02 Å². The molecule has 1 heterocycles. The van der Waals surface area contributed by atoms with Gasteiger partial charge in [-0.05, 0) is 70.6 Å². The van der Waals surface area contributed by atoms with Gasteiger partial charge in [-0.3, -0.25) is 9.59 Å². The van der Waals surface area contributed by atoms with Crippen LogP contribution in [-0.4, -0.2) is 44.6 Å². The summed E-state index contributed by atoms with van der Waals surface area (Å²) in [6.45, 7) is 6.74. The quantitative estimate of drug-likeness (QED) is 0.192. The molecule has 2 fully saturated rings. The molecule has 2 aliphatic rings. The van der Waals surface area contributed by atoms with Crippen molar-refractivity contribution in [3.8, 4) is 28.6 Å². The molecule has 1 aromatic heterocycles. The molecule has 40 heavy (non-hydrogen) atoms. The Bertz CT molecular complexity index is 1430. The van der Waals surface area contributed by atoms with Gasteiger partial charge < -0.3 is 28.1 Å². The fourth-order valence-electron chi connectivity index (χ4n) is 4.54. The highest BCUT2D eigenvalue weighted by molar-refractivity contribution is 6.34. The summed E-state index contributed by atoms with van der Waals surface area (Å²) in [7, 11) is 1.57. The van der Waals surface area contributed by atoms with Crippen molar-refractivity contribution in [3.05, 3.63) is 51.6 Å². The molecule has 0 radical (unpaired) electrons. The molecule has 0 atom stereocenters. The molecule has 0 aliphatic heterocycles. The maximum Gasteiger partial charge on any atom is 0.309 e. The summed E-state index contributed by atoms with van der Waals surface area (Å²) in [4.78, 5) is 25.1. The maximum absolute atomic E-state index is 12.9. The van der Waals surface area contributed by atoms with Crippen LogP contribution in [0.15, 0.2) is 45.6 Å². The van der Waals surface area contributed by atoms with E-state index in [4.69, 9.17) is 39.7 Å². The van der Waals surface area contributed by atoms with Gasteiger partial charge in [-0.25, -0.2) is 0 Å². The number of benzene rings is 2. The van der Waals surface area contributed by atoms with E-state index in [0.717, 1.165) is 12.8 Å². The number of esters is 1. The van der Waals surface area contributed by atoms with Crippen molar-refractivity contribution in [2.75, 3.05) is 26.9 Å². The summed E-state index contributed by atoms with van der Waals surface area (Å²) in [6.07, 6.45) is 3.53. The summed E-state index contributed by atoms with van der Waals surface area (Å²) >= 11 is 6.36. The SMILES string of the molecule is COc1cc(OCCOC2CC(C(=O)OC(C)(C)C)C2)c(-c2cc(=O)c3cccc(Cl)c3o2)cc1OCC1CC1. The van der Waals surface area contributed by atoms with Crippen molar-refractivity contribution in [2.24, 2.45) is 11.8 Å². The van der Waals surface area contributed by atoms with Gasteiger partial charge in [0, 0.05) is 12.1 Å². The first-order valence-corrected chi connectivity index (χ1v) is 14.0. The third kappa shape index (κ3) is 6.73. The van der Waals surface area contributed by atoms with Crippen LogP contribution in [0.1, 0.15) is 46.5 Å². The Morgan fingerprint density at radius 1 is 1.02 bits per heavy atom. The minimum absolute atomic E-state index is 0.0195. The van der Waals surface area contributed by atoms with Crippen molar-refractivity contribution < 1.29 is 32.9 Å². The van der Waals surface area contributed by atoms with E-state index in [1.807, 2.05) is 20.8 Å². The molecule has 5 rings (SSSR count). The van der Waals surface area contributed by atoms with Crippen LogP contribution in [-0.2, 0) is 14.3 Å². The second-order valence-corrected chi connectivity index (χ2v) is 11.8. The number of hydrogen-bond acceptors (Lipinski definition) is 8. The van der Waals surface area contributed by atoms with Gasteiger partial charge in [-0.2, -0.15) is 0 Å². The molecule has 214 valence electrons. The zero-order valence-corrected chi connectivity index (χ0v) is 24.0. The van der Waals surface area contributed by atoms with Crippen LogP contribution in [0.4, 0.5) is 0 Å². The van der Waals surface area contributed by atoms with Gasteiger partial charge in [0.1, 0.15) is 23.7 Å². The lowest BCUT2D eigenvalue weighted by Gasteiger charge is -2.35. The molecular formula is C31H35ClO8. The Morgan fingerprint density at radius 3 is 2.50 bits per heavy atom. The highest BCUT2D eigenvalue weighted by Crippen LogP contribution is 2.42. The van der Waals surface area contributed by atoms with Crippen molar-refractivity contribution >= 4 is 28.5 Å². The molecule has 0 bridgehead atoms. The van der Waals surface area contributed by atoms with Crippen LogP contribution >= 0.6 is 11.6 Å². The maximum atomic E-state index is 12.9. The zero-order valence-electron chi connectivity index (χ0n) is 23.3. The Morgan fingerprint density at radius 2 is 1.80 bits per heavy atom. The van der Waals surface area contributed by atoms with Crippen molar-refractivity contribution in [2.45, 2.75) is 58.2 Å². The lowest BCUT2D eigenvalue weighted by molar-refractivity contribution is -0.169. The lowest BCUT2D eigenvalue weighted by Crippen LogP contribution is -2.40. The molecule has 0 spiro atoms. The molecule has 9 heteroatoms. The largest absolute Gasteiger partial charge is 0.493 e.